The summed E-state index contributed by atoms with van der Waals surface area (Å²) in [6, 6.07) is 8.69. The molecule has 2 heterocycles. The second kappa shape index (κ2) is 10.6. The van der Waals surface area contributed by atoms with Crippen LogP contribution in [0.5, 0.6) is 0 Å². The predicted octanol–water partition coefficient (Wildman–Crippen LogP) is 3.71. The van der Waals surface area contributed by atoms with Crippen molar-refractivity contribution in [2.75, 3.05) is 30.0 Å². The summed E-state index contributed by atoms with van der Waals surface area (Å²) < 4.78 is 1.76. The number of fused-ring (bicyclic) bond motifs is 1. The molecule has 34 heavy (non-hydrogen) atoms. The van der Waals surface area contributed by atoms with E-state index in [1.807, 2.05) is 30.5 Å². The van der Waals surface area contributed by atoms with Crippen molar-refractivity contribution >= 4 is 29.1 Å². The summed E-state index contributed by atoms with van der Waals surface area (Å²) >= 11 is 0. The van der Waals surface area contributed by atoms with Crippen LogP contribution in [-0.4, -0.2) is 56.6 Å². The van der Waals surface area contributed by atoms with Gasteiger partial charge in [0.1, 0.15) is 0 Å². The maximum Gasteiger partial charge on any atom is 0.247 e. The van der Waals surface area contributed by atoms with E-state index in [-0.39, 0.29) is 5.91 Å². The number of aryl methyl sites for hydroxylation is 1. The zero-order valence-corrected chi connectivity index (χ0v) is 20.2. The Morgan fingerprint density at radius 3 is 2.74 bits per heavy atom. The quantitative estimate of drug-likeness (QED) is 0.417. The van der Waals surface area contributed by atoms with Crippen LogP contribution in [0.1, 0.15) is 43.7 Å². The Bertz CT molecular complexity index is 1150. The number of carbonyl (C=O) groups excluding carboxylic acids is 1. The smallest absolute Gasteiger partial charge is 0.247 e. The Balaban J connectivity index is 1.52. The molecule has 1 saturated carbocycles. The zero-order valence-electron chi connectivity index (χ0n) is 20.2. The van der Waals surface area contributed by atoms with Crippen LogP contribution < -0.4 is 16.0 Å². The molecular weight excluding hydrogens is 428 g/mol. The number of benzene rings is 1. The first kappa shape index (κ1) is 23.7. The summed E-state index contributed by atoms with van der Waals surface area (Å²) in [5.41, 5.74) is 3.63. The molecule has 1 fully saturated rings. The van der Waals surface area contributed by atoms with Crippen molar-refractivity contribution < 1.29 is 4.79 Å². The summed E-state index contributed by atoms with van der Waals surface area (Å²) in [6.07, 6.45) is 8.50. The highest BCUT2D eigenvalue weighted by Crippen LogP contribution is 2.25. The molecule has 0 bridgehead atoms. The third-order valence-corrected chi connectivity index (χ3v) is 6.41. The van der Waals surface area contributed by atoms with Gasteiger partial charge in [0.05, 0.1) is 6.20 Å². The summed E-state index contributed by atoms with van der Waals surface area (Å²) in [4.78, 5) is 23.5. The van der Waals surface area contributed by atoms with Gasteiger partial charge in [0.2, 0.25) is 17.8 Å². The number of hydrogen-bond donors (Lipinski definition) is 3. The third-order valence-electron chi connectivity index (χ3n) is 6.41. The van der Waals surface area contributed by atoms with E-state index in [1.54, 1.807) is 4.52 Å². The molecule has 0 spiro atoms. The Morgan fingerprint density at radius 1 is 1.24 bits per heavy atom. The van der Waals surface area contributed by atoms with Gasteiger partial charge in [-0.05, 0) is 70.0 Å². The first-order chi connectivity index (χ1) is 16.5. The summed E-state index contributed by atoms with van der Waals surface area (Å²) in [6.45, 7) is 6.13. The topological polar surface area (TPSA) is 99.5 Å². The first-order valence-electron chi connectivity index (χ1n) is 11.9. The molecule has 4 rings (SSSR count). The first-order valence-corrected chi connectivity index (χ1v) is 11.9. The molecule has 0 atom stereocenters. The van der Waals surface area contributed by atoms with Crippen molar-refractivity contribution in [3.63, 3.8) is 0 Å². The lowest BCUT2D eigenvalue weighted by atomic mass is 9.91. The van der Waals surface area contributed by atoms with Crippen LogP contribution in [0.15, 0.2) is 43.1 Å². The summed E-state index contributed by atoms with van der Waals surface area (Å²) in [7, 11) is 4.31. The molecular formula is C25H34N8O. The van der Waals surface area contributed by atoms with E-state index in [0.29, 0.717) is 30.5 Å². The molecule has 9 nitrogen and oxygen atoms in total. The normalized spacial score (nSPS) is 18.1. The number of hydrogen-bond acceptors (Lipinski definition) is 7. The largest absolute Gasteiger partial charge is 0.351 e. The van der Waals surface area contributed by atoms with Crippen LogP contribution in [0.3, 0.4) is 0 Å². The van der Waals surface area contributed by atoms with Crippen molar-refractivity contribution in [3.05, 3.63) is 54.2 Å². The standard InChI is InChI=1S/C25H34N8O/c1-5-18-16-27-33-23(18)30-24(29-19-10-12-21(13-11-19)32(3)4)31-25(33)26-15-17-8-7-9-20(14-17)28-22(34)6-2/h6-9,14,16,19,21H,2,5,10-13,15H2,1,3-4H3,(H,28,34)(H2,26,29,30,31)/t19-,21-. The molecule has 1 aromatic carbocycles. The minimum atomic E-state index is -0.235. The predicted molar refractivity (Wildman–Crippen MR) is 136 cm³/mol. The van der Waals surface area contributed by atoms with Crippen LogP contribution >= 0.6 is 0 Å². The lowest BCUT2D eigenvalue weighted by Crippen LogP contribution is -2.36. The Kier molecular flexibility index (Phi) is 7.42. The van der Waals surface area contributed by atoms with E-state index < -0.39 is 0 Å². The van der Waals surface area contributed by atoms with Gasteiger partial charge >= 0.3 is 0 Å². The van der Waals surface area contributed by atoms with Gasteiger partial charge in [-0.25, -0.2) is 0 Å². The molecule has 0 aliphatic heterocycles. The van der Waals surface area contributed by atoms with Crippen LogP contribution in [0.2, 0.25) is 0 Å². The molecule has 1 aliphatic carbocycles. The van der Waals surface area contributed by atoms with Gasteiger partial charge in [-0.2, -0.15) is 19.6 Å². The van der Waals surface area contributed by atoms with E-state index >= 15 is 0 Å². The Hall–Kier alpha value is -3.46. The second-order valence-corrected chi connectivity index (χ2v) is 8.99. The van der Waals surface area contributed by atoms with Gasteiger partial charge in [-0.1, -0.05) is 25.6 Å². The van der Waals surface area contributed by atoms with Gasteiger partial charge in [0.15, 0.2) is 5.65 Å². The number of aromatic nitrogens is 4. The number of anilines is 3. The fourth-order valence-electron chi connectivity index (χ4n) is 4.40. The molecule has 1 amide bonds. The molecule has 2 aromatic heterocycles. The Labute approximate surface area is 200 Å². The monoisotopic (exact) mass is 462 g/mol. The van der Waals surface area contributed by atoms with Gasteiger partial charge in [-0.15, -0.1) is 0 Å². The number of amides is 1. The van der Waals surface area contributed by atoms with Crippen molar-refractivity contribution in [1.29, 1.82) is 0 Å². The molecule has 9 heteroatoms. The van der Waals surface area contributed by atoms with E-state index in [2.05, 4.69) is 53.5 Å². The van der Waals surface area contributed by atoms with E-state index in [1.165, 1.54) is 18.9 Å². The van der Waals surface area contributed by atoms with Gasteiger partial charge in [0, 0.05) is 29.9 Å². The minimum absolute atomic E-state index is 0.235. The number of rotatable bonds is 9. The molecule has 3 aromatic rings. The second-order valence-electron chi connectivity index (χ2n) is 8.99. The summed E-state index contributed by atoms with van der Waals surface area (Å²) in [5, 5.41) is 14.3. The lowest BCUT2D eigenvalue weighted by Gasteiger charge is -2.33. The molecule has 0 unspecified atom stereocenters. The van der Waals surface area contributed by atoms with E-state index in [9.17, 15) is 4.79 Å². The van der Waals surface area contributed by atoms with Crippen molar-refractivity contribution in [2.24, 2.45) is 0 Å². The lowest BCUT2D eigenvalue weighted by molar-refractivity contribution is -0.111. The maximum atomic E-state index is 11.6. The fourth-order valence-corrected chi connectivity index (χ4v) is 4.40. The summed E-state index contributed by atoms with van der Waals surface area (Å²) in [5.74, 6) is 1.03. The molecule has 0 saturated heterocycles. The highest BCUT2D eigenvalue weighted by Gasteiger charge is 2.23. The number of nitrogens with zero attached hydrogens (tertiary/aromatic N) is 5. The number of nitrogens with one attached hydrogen (secondary N) is 3. The van der Waals surface area contributed by atoms with Crippen LogP contribution in [0.4, 0.5) is 17.6 Å². The molecule has 180 valence electrons. The average Bonchev–Trinajstić information content (AvgIpc) is 3.26. The van der Waals surface area contributed by atoms with Crippen LogP contribution in [-0.2, 0) is 17.8 Å². The average molecular weight is 463 g/mol. The van der Waals surface area contributed by atoms with Crippen molar-refractivity contribution in [2.45, 2.75) is 57.7 Å². The van der Waals surface area contributed by atoms with Crippen molar-refractivity contribution in [3.8, 4) is 0 Å². The highest BCUT2D eigenvalue weighted by atomic mass is 16.1. The minimum Gasteiger partial charge on any atom is -0.351 e. The SMILES string of the molecule is C=CC(=O)Nc1cccc(CNc2nc(N[C@H]3CC[C@H](N(C)C)CC3)nc3c(CC)cnn23)c1. The van der Waals surface area contributed by atoms with Crippen molar-refractivity contribution in [1.82, 2.24) is 24.5 Å². The highest BCUT2D eigenvalue weighted by molar-refractivity contribution is 5.98. The van der Waals surface area contributed by atoms with E-state index in [4.69, 9.17) is 9.97 Å². The molecule has 0 radical (unpaired) electrons. The maximum absolute atomic E-state index is 11.6. The number of carbonyl (C=O) groups is 1. The van der Waals surface area contributed by atoms with E-state index in [0.717, 1.165) is 41.7 Å². The van der Waals surface area contributed by atoms with Gasteiger partial charge < -0.3 is 20.9 Å². The van der Waals surface area contributed by atoms with Gasteiger partial charge in [0.25, 0.3) is 0 Å². The third kappa shape index (κ3) is 5.53. The Morgan fingerprint density at radius 2 is 2.03 bits per heavy atom. The molecule has 3 N–H and O–H groups in total. The van der Waals surface area contributed by atoms with Gasteiger partial charge in [-0.3, -0.25) is 4.79 Å². The molecule has 1 aliphatic rings. The van der Waals surface area contributed by atoms with Crippen LogP contribution in [0.25, 0.3) is 5.65 Å². The zero-order chi connectivity index (χ0) is 24.1. The fraction of sp³-hybridized carbons (Fsp3) is 0.440. The van der Waals surface area contributed by atoms with Crippen LogP contribution in [0, 0.1) is 0 Å².